The fourth-order valence-electron chi connectivity index (χ4n) is 9.23. The molecule has 1 spiro atoms. The van der Waals surface area contributed by atoms with E-state index in [2.05, 4.69) is 22.5 Å². The molecule has 314 valence electrons. The minimum absolute atomic E-state index is 0.0348. The summed E-state index contributed by atoms with van der Waals surface area (Å²) in [6, 6.07) is 35.6. The molecule has 7 atom stereocenters. The number of phenols is 1. The Morgan fingerprint density at radius 1 is 0.806 bits per heavy atom. The molecule has 3 aliphatic heterocycles. The smallest absolute Gasteiger partial charge is 0.324 e. The average molecular weight is 834 g/mol. The van der Waals surface area contributed by atoms with Gasteiger partial charge in [-0.25, -0.2) is 0 Å². The van der Waals surface area contributed by atoms with Crippen LogP contribution in [0.4, 0.5) is 5.69 Å². The second kappa shape index (κ2) is 17.4. The number of ether oxygens (including phenoxy) is 3. The molecule has 0 unspecified atom stereocenters. The Balaban J connectivity index is 1.34. The minimum atomic E-state index is -1.87. The molecule has 62 heavy (non-hydrogen) atoms. The number of nitrogens with zero attached hydrogens (tertiary/aromatic N) is 1. The molecule has 13 heteroatoms. The lowest BCUT2D eigenvalue weighted by atomic mass is 9.65. The van der Waals surface area contributed by atoms with E-state index in [9.17, 15) is 24.6 Å². The van der Waals surface area contributed by atoms with Gasteiger partial charge in [-0.2, -0.15) is 0 Å². The molecule has 0 aromatic heterocycles. The Kier molecular flexibility index (Phi) is 11.6. The lowest BCUT2D eigenvalue weighted by Crippen LogP contribution is -2.55. The quantitative estimate of drug-likeness (QED) is 0.0628. The maximum absolute atomic E-state index is 15.3. The summed E-state index contributed by atoms with van der Waals surface area (Å²) in [5.41, 5.74) is 1.77. The number of aliphatic hydroxyl groups is 1. The number of phenolic OH excluding ortho intramolecular Hbond substituents is 1. The molecule has 13 nitrogen and oxygen atoms in total. The fraction of sp³-hybridized carbons (Fsp3) is 0.245. The van der Waals surface area contributed by atoms with Gasteiger partial charge in [0.05, 0.1) is 38.3 Å². The number of anilines is 1. The van der Waals surface area contributed by atoms with Gasteiger partial charge in [0.15, 0.2) is 5.92 Å². The van der Waals surface area contributed by atoms with Crippen LogP contribution in [0.15, 0.2) is 133 Å². The topological polar surface area (TPSA) is 181 Å². The molecule has 3 heterocycles. The van der Waals surface area contributed by atoms with E-state index in [0.717, 1.165) is 19.8 Å². The summed E-state index contributed by atoms with van der Waals surface area (Å²) in [5, 5.41) is 27.7. The maximum atomic E-state index is 15.3. The highest BCUT2D eigenvalue weighted by Crippen LogP contribution is 2.64. The number of nitrogens with one attached hydrogen (secondary N) is 2. The highest BCUT2D eigenvalue weighted by molar-refractivity contribution is 6.12. The van der Waals surface area contributed by atoms with Crippen molar-refractivity contribution in [1.82, 2.24) is 10.2 Å². The van der Waals surface area contributed by atoms with E-state index in [1.165, 1.54) is 12.1 Å². The van der Waals surface area contributed by atoms with E-state index in [1.807, 2.05) is 65.6 Å². The fourth-order valence-corrected chi connectivity index (χ4v) is 9.23. The van der Waals surface area contributed by atoms with Crippen LogP contribution in [-0.2, 0) is 43.6 Å². The van der Waals surface area contributed by atoms with E-state index in [-0.39, 0.29) is 18.7 Å². The monoisotopic (exact) mass is 833 g/mol. The van der Waals surface area contributed by atoms with Gasteiger partial charge in [-0.15, -0.1) is 0 Å². The zero-order valence-corrected chi connectivity index (χ0v) is 33.8. The third-order valence-corrected chi connectivity index (χ3v) is 12.0. The number of benzene rings is 5. The Morgan fingerprint density at radius 3 is 2.05 bits per heavy atom. The van der Waals surface area contributed by atoms with Crippen molar-refractivity contribution in [2.75, 3.05) is 26.1 Å². The van der Waals surface area contributed by atoms with Crippen LogP contribution in [-0.4, -0.2) is 71.6 Å². The van der Waals surface area contributed by atoms with Crippen LogP contribution in [0.3, 0.4) is 0 Å². The van der Waals surface area contributed by atoms with Crippen LogP contribution in [0.2, 0.25) is 0 Å². The van der Waals surface area contributed by atoms with E-state index >= 15 is 9.59 Å². The van der Waals surface area contributed by atoms with Crippen LogP contribution >= 0.6 is 0 Å². The minimum Gasteiger partial charge on any atom is -0.508 e. The van der Waals surface area contributed by atoms with Gasteiger partial charge >= 0.3 is 17.9 Å². The van der Waals surface area contributed by atoms with Crippen molar-refractivity contribution in [2.24, 2.45) is 11.8 Å². The van der Waals surface area contributed by atoms with Gasteiger partial charge in [0, 0.05) is 24.2 Å². The second-order valence-corrected chi connectivity index (χ2v) is 15.3. The number of cyclic esters (lactones) is 1. The Bertz CT molecular complexity index is 2540. The normalized spacial score (nSPS) is 22.9. The van der Waals surface area contributed by atoms with Gasteiger partial charge in [-0.05, 0) is 58.1 Å². The first kappa shape index (κ1) is 41.5. The molecule has 5 aromatic carbocycles. The van der Waals surface area contributed by atoms with Crippen LogP contribution in [0.25, 0.3) is 0 Å². The van der Waals surface area contributed by atoms with E-state index in [1.54, 1.807) is 60.7 Å². The third kappa shape index (κ3) is 7.33. The van der Waals surface area contributed by atoms with Gasteiger partial charge in [0.25, 0.3) is 0 Å². The molecule has 0 aliphatic carbocycles. The molecule has 0 saturated carbocycles. The van der Waals surface area contributed by atoms with E-state index in [0.29, 0.717) is 33.5 Å². The Hall–Kier alpha value is -7.27. The lowest BCUT2D eigenvalue weighted by Gasteiger charge is -2.46. The molecule has 5 aromatic rings. The number of fused-ring (bicyclic) bond motifs is 3. The summed E-state index contributed by atoms with van der Waals surface area (Å²) in [7, 11) is 2.31. The zero-order valence-electron chi connectivity index (χ0n) is 33.8. The SMILES string of the molecule is COC(=O)C(CC#Cc1ccc2c(c1)[C@]1(C(=O)N2)[C@H](C(=O)NC[C@H](O)c2ccccc2)[C@H]2C(=O)O[C@H](c3ccccc3)[C@H](c3ccccc3)N2[C@@H]1c1ccc(O)cc1)C(=O)OC. The number of morpholine rings is 1. The summed E-state index contributed by atoms with van der Waals surface area (Å²) in [6.07, 6.45) is -2.24. The van der Waals surface area contributed by atoms with Crippen LogP contribution < -0.4 is 10.6 Å². The van der Waals surface area contributed by atoms with Crippen LogP contribution in [0.1, 0.15) is 64.1 Å². The van der Waals surface area contributed by atoms with E-state index in [4.69, 9.17) is 14.2 Å². The van der Waals surface area contributed by atoms with Crippen molar-refractivity contribution in [3.8, 4) is 17.6 Å². The van der Waals surface area contributed by atoms with Crippen molar-refractivity contribution in [3.63, 3.8) is 0 Å². The van der Waals surface area contributed by atoms with Gasteiger partial charge in [0.2, 0.25) is 11.8 Å². The van der Waals surface area contributed by atoms with Gasteiger partial charge in [-0.1, -0.05) is 115 Å². The molecular weight excluding hydrogens is 791 g/mol. The van der Waals surface area contributed by atoms with Crippen molar-refractivity contribution in [2.45, 2.75) is 42.2 Å². The van der Waals surface area contributed by atoms with Gasteiger partial charge < -0.3 is 35.1 Å². The molecule has 2 fully saturated rings. The standard InChI is InChI=1S/C49H43N3O10/c1-60-45(56)35(46(57)61-2)20-12-13-29-21-26-37-36(27-29)49(48(59)51-37)39(44(55)50-28-38(54)30-14-6-3-7-15-30)41-47(58)62-42(32-18-10-5-11-19-32)40(31-16-8-4-9-17-31)52(41)43(49)33-22-24-34(53)25-23-33/h3-11,14-19,21-27,35,38-43,53-54H,20,28H2,1-2H3,(H,50,55)(H,51,59)/t38-,39-,40-,41-,42+,43+,49-/m0/s1. The largest absolute Gasteiger partial charge is 0.508 e. The summed E-state index contributed by atoms with van der Waals surface area (Å²) in [5.74, 6) is -0.526. The highest BCUT2D eigenvalue weighted by atomic mass is 16.6. The Morgan fingerprint density at radius 2 is 1.42 bits per heavy atom. The Labute approximate surface area is 357 Å². The molecule has 4 N–H and O–H groups in total. The van der Waals surface area contributed by atoms with Gasteiger partial charge in [0.1, 0.15) is 23.3 Å². The molecule has 2 amide bonds. The number of methoxy groups -OCH3 is 2. The summed E-state index contributed by atoms with van der Waals surface area (Å²) in [4.78, 5) is 72.3. The van der Waals surface area contributed by atoms with Crippen LogP contribution in [0, 0.1) is 23.7 Å². The molecular formula is C49H43N3O10. The van der Waals surface area contributed by atoms with Crippen molar-refractivity contribution in [1.29, 1.82) is 0 Å². The first-order valence-electron chi connectivity index (χ1n) is 20.1. The molecule has 0 radical (unpaired) electrons. The third-order valence-electron chi connectivity index (χ3n) is 12.0. The number of carbonyl (C=O) groups excluding carboxylic acids is 5. The van der Waals surface area contributed by atoms with Crippen molar-refractivity contribution >= 4 is 35.4 Å². The maximum Gasteiger partial charge on any atom is 0.324 e. The number of aliphatic hydroxyl groups excluding tert-OH is 1. The second-order valence-electron chi connectivity index (χ2n) is 15.3. The summed E-state index contributed by atoms with van der Waals surface area (Å²) >= 11 is 0. The van der Waals surface area contributed by atoms with E-state index < -0.39 is 77.3 Å². The molecule has 8 rings (SSSR count). The van der Waals surface area contributed by atoms with Crippen LogP contribution in [0.5, 0.6) is 5.75 Å². The van der Waals surface area contributed by atoms with Crippen molar-refractivity contribution < 1.29 is 48.4 Å². The molecule has 0 bridgehead atoms. The average Bonchev–Trinajstić information content (AvgIpc) is 3.78. The zero-order chi connectivity index (χ0) is 43.5. The predicted molar refractivity (Wildman–Crippen MR) is 225 cm³/mol. The number of hydrogen-bond acceptors (Lipinski definition) is 11. The highest BCUT2D eigenvalue weighted by Gasteiger charge is 2.74. The van der Waals surface area contributed by atoms with Gasteiger partial charge in [-0.3, -0.25) is 28.9 Å². The number of aromatic hydroxyl groups is 1. The molecule has 2 saturated heterocycles. The summed E-state index contributed by atoms with van der Waals surface area (Å²) in [6.45, 7) is -0.239. The lowest BCUT2D eigenvalue weighted by molar-refractivity contribution is -0.178. The first-order valence-corrected chi connectivity index (χ1v) is 20.1. The first-order chi connectivity index (χ1) is 30.1. The predicted octanol–water partition coefficient (Wildman–Crippen LogP) is 5.22. The number of carbonyl (C=O) groups is 5. The summed E-state index contributed by atoms with van der Waals surface area (Å²) < 4.78 is 16.0. The van der Waals surface area contributed by atoms with Crippen molar-refractivity contribution in [3.05, 3.63) is 167 Å². The number of rotatable bonds is 10. The number of esters is 3. The molecule has 3 aliphatic rings. The number of hydrogen-bond donors (Lipinski definition) is 4. The number of amides is 2.